The number of nitrogens with two attached hydrogens (primary N) is 1. The van der Waals surface area contributed by atoms with E-state index < -0.39 is 5.97 Å². The SMILES string of the molecule is CN1CCC(N(C)c2c(Cl)cc(N)cc2C(=O)O)CC1. The first-order valence-corrected chi connectivity index (χ1v) is 7.01. The van der Waals surface area contributed by atoms with Crippen LogP contribution in [0.1, 0.15) is 23.2 Å². The van der Waals surface area contributed by atoms with E-state index in [1.165, 1.54) is 6.07 Å². The number of carboxylic acids is 1. The quantitative estimate of drug-likeness (QED) is 0.837. The Morgan fingerprint density at radius 3 is 2.60 bits per heavy atom. The molecule has 0 radical (unpaired) electrons. The number of likely N-dealkylation sites (tertiary alicyclic amines) is 1. The van der Waals surface area contributed by atoms with Crippen LogP contribution in [0.2, 0.25) is 5.02 Å². The third-order valence-electron chi connectivity index (χ3n) is 3.90. The number of carbonyl (C=O) groups is 1. The summed E-state index contributed by atoms with van der Waals surface area (Å²) in [6, 6.07) is 3.37. The molecule has 0 bridgehead atoms. The molecule has 3 N–H and O–H groups in total. The molecule has 0 atom stereocenters. The van der Waals surface area contributed by atoms with Crippen LogP contribution >= 0.6 is 11.6 Å². The van der Waals surface area contributed by atoms with Gasteiger partial charge in [-0.15, -0.1) is 0 Å². The number of hydrogen-bond acceptors (Lipinski definition) is 4. The van der Waals surface area contributed by atoms with Gasteiger partial charge in [0.25, 0.3) is 0 Å². The van der Waals surface area contributed by atoms with Crippen molar-refractivity contribution in [2.75, 3.05) is 37.8 Å². The van der Waals surface area contributed by atoms with Crippen LogP contribution in [0.4, 0.5) is 11.4 Å². The number of anilines is 2. The molecule has 2 rings (SSSR count). The van der Waals surface area contributed by atoms with E-state index in [1.54, 1.807) is 6.07 Å². The first kappa shape index (κ1) is 14.9. The Balaban J connectivity index is 2.33. The molecule has 0 aliphatic carbocycles. The second-order valence-electron chi connectivity index (χ2n) is 5.35. The third kappa shape index (κ3) is 2.99. The molecule has 1 heterocycles. The summed E-state index contributed by atoms with van der Waals surface area (Å²) in [4.78, 5) is 15.7. The molecule has 0 aromatic heterocycles. The lowest BCUT2D eigenvalue weighted by atomic mass is 10.0. The van der Waals surface area contributed by atoms with Gasteiger partial charge in [-0.3, -0.25) is 0 Å². The van der Waals surface area contributed by atoms with Crippen LogP contribution in [0.5, 0.6) is 0 Å². The van der Waals surface area contributed by atoms with Crippen molar-refractivity contribution >= 4 is 28.9 Å². The van der Waals surface area contributed by atoms with Crippen molar-refractivity contribution in [2.24, 2.45) is 0 Å². The van der Waals surface area contributed by atoms with E-state index in [0.29, 0.717) is 22.4 Å². The smallest absolute Gasteiger partial charge is 0.337 e. The molecule has 0 spiro atoms. The molecule has 0 unspecified atom stereocenters. The Kier molecular flexibility index (Phi) is 4.40. The molecule has 0 saturated carbocycles. The number of nitrogens with zero attached hydrogens (tertiary/aromatic N) is 2. The minimum atomic E-state index is -1.01. The normalized spacial score (nSPS) is 17.1. The highest BCUT2D eigenvalue weighted by molar-refractivity contribution is 6.34. The number of hydrogen-bond donors (Lipinski definition) is 2. The molecule has 1 saturated heterocycles. The highest BCUT2D eigenvalue weighted by atomic mass is 35.5. The molecular weight excluding hydrogens is 278 g/mol. The van der Waals surface area contributed by atoms with Gasteiger partial charge in [-0.25, -0.2) is 4.79 Å². The van der Waals surface area contributed by atoms with Crippen molar-refractivity contribution in [1.29, 1.82) is 0 Å². The van der Waals surface area contributed by atoms with E-state index in [0.717, 1.165) is 25.9 Å². The van der Waals surface area contributed by atoms with Gasteiger partial charge < -0.3 is 20.6 Å². The van der Waals surface area contributed by atoms with Crippen molar-refractivity contribution in [3.8, 4) is 0 Å². The van der Waals surface area contributed by atoms with E-state index >= 15 is 0 Å². The van der Waals surface area contributed by atoms with Crippen molar-refractivity contribution in [2.45, 2.75) is 18.9 Å². The zero-order valence-electron chi connectivity index (χ0n) is 11.8. The summed E-state index contributed by atoms with van der Waals surface area (Å²) in [5.41, 5.74) is 6.78. The summed E-state index contributed by atoms with van der Waals surface area (Å²) >= 11 is 6.23. The van der Waals surface area contributed by atoms with E-state index in [4.69, 9.17) is 17.3 Å². The predicted molar refractivity (Wildman–Crippen MR) is 81.7 cm³/mol. The van der Waals surface area contributed by atoms with Crippen LogP contribution in [-0.2, 0) is 0 Å². The highest BCUT2D eigenvalue weighted by Gasteiger charge is 2.26. The van der Waals surface area contributed by atoms with E-state index in [2.05, 4.69) is 11.9 Å². The van der Waals surface area contributed by atoms with Crippen molar-refractivity contribution in [3.63, 3.8) is 0 Å². The van der Waals surface area contributed by atoms with Crippen LogP contribution in [0, 0.1) is 0 Å². The van der Waals surface area contributed by atoms with Gasteiger partial charge in [-0.1, -0.05) is 11.6 Å². The maximum atomic E-state index is 11.4. The van der Waals surface area contributed by atoms with Crippen LogP contribution in [0.3, 0.4) is 0 Å². The second kappa shape index (κ2) is 5.89. The number of nitrogen functional groups attached to an aromatic ring is 1. The van der Waals surface area contributed by atoms with Gasteiger partial charge in [0.1, 0.15) is 0 Å². The van der Waals surface area contributed by atoms with Crippen LogP contribution in [0.15, 0.2) is 12.1 Å². The van der Waals surface area contributed by atoms with Crippen molar-refractivity contribution in [1.82, 2.24) is 4.90 Å². The van der Waals surface area contributed by atoms with Gasteiger partial charge in [0, 0.05) is 18.8 Å². The summed E-state index contributed by atoms with van der Waals surface area (Å²) in [6.45, 7) is 2.01. The summed E-state index contributed by atoms with van der Waals surface area (Å²) in [6.07, 6.45) is 1.99. The number of aromatic carboxylic acids is 1. The Morgan fingerprint density at radius 2 is 2.05 bits per heavy atom. The van der Waals surface area contributed by atoms with E-state index in [1.807, 2.05) is 11.9 Å². The largest absolute Gasteiger partial charge is 0.478 e. The van der Waals surface area contributed by atoms with E-state index in [-0.39, 0.29) is 5.56 Å². The van der Waals surface area contributed by atoms with Crippen LogP contribution < -0.4 is 10.6 Å². The van der Waals surface area contributed by atoms with Crippen LogP contribution in [-0.4, -0.2) is 49.2 Å². The number of carboxylic acid groups (broad SMARTS) is 1. The van der Waals surface area contributed by atoms with Gasteiger partial charge in [0.15, 0.2) is 0 Å². The zero-order valence-corrected chi connectivity index (χ0v) is 12.5. The zero-order chi connectivity index (χ0) is 14.9. The Labute approximate surface area is 123 Å². The average Bonchev–Trinajstić information content (AvgIpc) is 2.37. The maximum Gasteiger partial charge on any atom is 0.337 e. The molecule has 110 valence electrons. The fraction of sp³-hybridized carbons (Fsp3) is 0.500. The lowest BCUT2D eigenvalue weighted by Crippen LogP contribution is -2.42. The second-order valence-corrected chi connectivity index (χ2v) is 5.76. The standard InChI is InChI=1S/C14H20ClN3O2/c1-17-5-3-10(4-6-17)18(2)13-11(14(19)20)7-9(16)8-12(13)15/h7-8,10H,3-6,16H2,1-2H3,(H,19,20). The maximum absolute atomic E-state index is 11.4. The molecule has 6 heteroatoms. The van der Waals surface area contributed by atoms with Gasteiger partial charge in [0.05, 0.1) is 16.3 Å². The molecule has 1 aliphatic rings. The van der Waals surface area contributed by atoms with Crippen LogP contribution in [0.25, 0.3) is 0 Å². The molecular formula is C14H20ClN3O2. The Bertz CT molecular complexity index is 513. The van der Waals surface area contributed by atoms with Gasteiger partial charge in [-0.2, -0.15) is 0 Å². The van der Waals surface area contributed by atoms with Crippen molar-refractivity contribution < 1.29 is 9.90 Å². The predicted octanol–water partition coefficient (Wildman–Crippen LogP) is 2.15. The summed E-state index contributed by atoms with van der Waals surface area (Å²) in [5, 5.41) is 9.75. The third-order valence-corrected chi connectivity index (χ3v) is 4.19. The number of halogens is 1. The first-order chi connectivity index (χ1) is 9.40. The Morgan fingerprint density at radius 1 is 1.45 bits per heavy atom. The Hall–Kier alpha value is -1.46. The molecule has 1 aromatic rings. The number of piperidine rings is 1. The molecule has 20 heavy (non-hydrogen) atoms. The lowest BCUT2D eigenvalue weighted by molar-refractivity contribution is 0.0697. The molecule has 1 aromatic carbocycles. The van der Waals surface area contributed by atoms with Crippen molar-refractivity contribution in [3.05, 3.63) is 22.7 Å². The summed E-state index contributed by atoms with van der Waals surface area (Å²) < 4.78 is 0. The monoisotopic (exact) mass is 297 g/mol. The molecule has 1 aliphatic heterocycles. The minimum absolute atomic E-state index is 0.163. The lowest BCUT2D eigenvalue weighted by Gasteiger charge is -2.37. The summed E-state index contributed by atoms with van der Waals surface area (Å²) in [5.74, 6) is -1.01. The fourth-order valence-electron chi connectivity index (χ4n) is 2.71. The minimum Gasteiger partial charge on any atom is -0.478 e. The first-order valence-electron chi connectivity index (χ1n) is 6.64. The van der Waals surface area contributed by atoms with Gasteiger partial charge in [0.2, 0.25) is 0 Å². The van der Waals surface area contributed by atoms with Gasteiger partial charge >= 0.3 is 5.97 Å². The number of benzene rings is 1. The molecule has 0 amide bonds. The van der Waals surface area contributed by atoms with E-state index in [9.17, 15) is 9.90 Å². The fourth-order valence-corrected chi connectivity index (χ4v) is 3.07. The van der Waals surface area contributed by atoms with Gasteiger partial charge in [-0.05, 0) is 45.1 Å². The summed E-state index contributed by atoms with van der Waals surface area (Å²) in [7, 11) is 3.99. The molecule has 5 nitrogen and oxygen atoms in total. The number of rotatable bonds is 3. The molecule has 1 fully saturated rings. The average molecular weight is 298 g/mol. The topological polar surface area (TPSA) is 69.8 Å². The highest BCUT2D eigenvalue weighted by Crippen LogP contribution is 2.34.